The number of piperazine rings is 1. The molecule has 3 heteroatoms. The van der Waals surface area contributed by atoms with E-state index in [1.165, 1.54) is 32.6 Å². The first-order valence-electron chi connectivity index (χ1n) is 6.35. The summed E-state index contributed by atoms with van der Waals surface area (Å²) in [6, 6.07) is 1.32. The molecule has 1 saturated heterocycles. The van der Waals surface area contributed by atoms with Crippen LogP contribution in [0, 0.1) is 0 Å². The molecule has 0 spiro atoms. The highest BCUT2D eigenvalue weighted by Crippen LogP contribution is 2.10. The van der Waals surface area contributed by atoms with E-state index in [4.69, 9.17) is 0 Å². The second-order valence-corrected chi connectivity index (χ2v) is 4.65. The van der Waals surface area contributed by atoms with E-state index in [2.05, 4.69) is 42.9 Å². The van der Waals surface area contributed by atoms with E-state index in [9.17, 15) is 0 Å². The predicted octanol–water partition coefficient (Wildman–Crippen LogP) is 1.01. The van der Waals surface area contributed by atoms with Gasteiger partial charge in [0.05, 0.1) is 0 Å². The van der Waals surface area contributed by atoms with Gasteiger partial charge in [-0.2, -0.15) is 0 Å². The van der Waals surface area contributed by atoms with Crippen LogP contribution in [0.15, 0.2) is 0 Å². The summed E-state index contributed by atoms with van der Waals surface area (Å²) in [4.78, 5) is 5.04. The summed E-state index contributed by atoms with van der Waals surface area (Å²) in [5.41, 5.74) is 0. The number of hydrogen-bond donors (Lipinski definition) is 1. The third kappa shape index (κ3) is 3.74. The number of likely N-dealkylation sites (N-methyl/N-ethyl adjacent to an activating group) is 2. The van der Waals surface area contributed by atoms with Crippen LogP contribution in [0.4, 0.5) is 0 Å². The molecule has 0 saturated carbocycles. The lowest BCUT2D eigenvalue weighted by atomic mass is 10.0. The third-order valence-electron chi connectivity index (χ3n) is 3.60. The molecule has 1 aliphatic heterocycles. The Balaban J connectivity index is 2.40. The quantitative estimate of drug-likeness (QED) is 0.735. The highest BCUT2D eigenvalue weighted by Gasteiger charge is 2.24. The van der Waals surface area contributed by atoms with Gasteiger partial charge in [-0.05, 0) is 26.9 Å². The van der Waals surface area contributed by atoms with Gasteiger partial charge in [0.25, 0.3) is 0 Å². The monoisotopic (exact) mass is 213 g/mol. The fraction of sp³-hybridized carbons (Fsp3) is 1.00. The van der Waals surface area contributed by atoms with E-state index in [-0.39, 0.29) is 0 Å². The minimum atomic E-state index is 0.651. The minimum Gasteiger partial charge on any atom is -0.313 e. The van der Waals surface area contributed by atoms with Crippen molar-refractivity contribution in [3.8, 4) is 0 Å². The molecule has 1 aliphatic rings. The van der Waals surface area contributed by atoms with Crippen LogP contribution in [0.1, 0.15) is 27.2 Å². The van der Waals surface area contributed by atoms with Gasteiger partial charge in [-0.15, -0.1) is 0 Å². The van der Waals surface area contributed by atoms with Crippen LogP contribution in [0.5, 0.6) is 0 Å². The molecular weight excluding hydrogens is 186 g/mol. The van der Waals surface area contributed by atoms with Crippen LogP contribution in [0.2, 0.25) is 0 Å². The van der Waals surface area contributed by atoms with Crippen molar-refractivity contribution in [3.63, 3.8) is 0 Å². The van der Waals surface area contributed by atoms with Crippen molar-refractivity contribution >= 4 is 0 Å². The first-order chi connectivity index (χ1) is 7.19. The minimum absolute atomic E-state index is 0.651. The van der Waals surface area contributed by atoms with Crippen molar-refractivity contribution < 1.29 is 0 Å². The third-order valence-corrected chi connectivity index (χ3v) is 3.60. The molecule has 2 atom stereocenters. The van der Waals surface area contributed by atoms with E-state index < -0.39 is 0 Å². The average molecular weight is 213 g/mol. The van der Waals surface area contributed by atoms with E-state index in [1.807, 2.05) is 0 Å². The Hall–Kier alpha value is -0.120. The molecule has 0 aliphatic carbocycles. The molecular formula is C12H27N3. The zero-order valence-corrected chi connectivity index (χ0v) is 10.8. The lowest BCUT2D eigenvalue weighted by Gasteiger charge is -2.39. The van der Waals surface area contributed by atoms with Crippen molar-refractivity contribution in [1.29, 1.82) is 0 Å². The number of rotatable bonds is 5. The molecule has 1 fully saturated rings. The molecule has 3 nitrogen and oxygen atoms in total. The van der Waals surface area contributed by atoms with Crippen LogP contribution >= 0.6 is 0 Å². The zero-order valence-electron chi connectivity index (χ0n) is 10.8. The Bertz CT molecular complexity index is 164. The number of nitrogens with zero attached hydrogens (tertiary/aromatic N) is 2. The largest absolute Gasteiger partial charge is 0.313 e. The maximum Gasteiger partial charge on any atom is 0.0222 e. The van der Waals surface area contributed by atoms with Crippen molar-refractivity contribution in [1.82, 2.24) is 15.1 Å². The maximum atomic E-state index is 3.59. The summed E-state index contributed by atoms with van der Waals surface area (Å²) >= 11 is 0. The molecule has 0 amide bonds. The molecule has 0 aromatic carbocycles. The second kappa shape index (κ2) is 6.46. The molecule has 2 unspecified atom stereocenters. The molecule has 1 rings (SSSR count). The molecule has 0 radical (unpaired) electrons. The van der Waals surface area contributed by atoms with Crippen molar-refractivity contribution in [2.75, 3.05) is 39.8 Å². The summed E-state index contributed by atoms with van der Waals surface area (Å²) < 4.78 is 0. The lowest BCUT2D eigenvalue weighted by molar-refractivity contribution is 0.0982. The second-order valence-electron chi connectivity index (χ2n) is 4.65. The van der Waals surface area contributed by atoms with Crippen LogP contribution in [-0.4, -0.2) is 61.7 Å². The Labute approximate surface area is 94.8 Å². The summed E-state index contributed by atoms with van der Waals surface area (Å²) in [6.07, 6.45) is 1.22. The van der Waals surface area contributed by atoms with Crippen molar-refractivity contribution in [2.45, 2.75) is 39.3 Å². The number of hydrogen-bond acceptors (Lipinski definition) is 3. The smallest absolute Gasteiger partial charge is 0.0222 e. The summed E-state index contributed by atoms with van der Waals surface area (Å²) in [5.74, 6) is 0. The highest BCUT2D eigenvalue weighted by molar-refractivity contribution is 4.83. The Kier molecular flexibility index (Phi) is 5.58. The van der Waals surface area contributed by atoms with Gasteiger partial charge >= 0.3 is 0 Å². The molecule has 15 heavy (non-hydrogen) atoms. The van der Waals surface area contributed by atoms with E-state index in [0.29, 0.717) is 12.1 Å². The first kappa shape index (κ1) is 12.9. The molecule has 0 aromatic heterocycles. The normalized spacial score (nSPS) is 24.0. The van der Waals surface area contributed by atoms with Gasteiger partial charge in [-0.3, -0.25) is 4.90 Å². The predicted molar refractivity (Wildman–Crippen MR) is 66.3 cm³/mol. The topological polar surface area (TPSA) is 18.5 Å². The fourth-order valence-electron chi connectivity index (χ4n) is 2.40. The molecule has 1 heterocycles. The fourth-order valence-corrected chi connectivity index (χ4v) is 2.40. The first-order valence-corrected chi connectivity index (χ1v) is 6.35. The van der Waals surface area contributed by atoms with Gasteiger partial charge in [-0.1, -0.05) is 13.8 Å². The standard InChI is InChI=1S/C12H27N3/c1-5-12(13-6-2)11(3)15-9-7-14(4)8-10-15/h11-13H,5-10H2,1-4H3. The Morgan fingerprint density at radius 3 is 2.20 bits per heavy atom. The van der Waals surface area contributed by atoms with Crippen molar-refractivity contribution in [2.24, 2.45) is 0 Å². The van der Waals surface area contributed by atoms with Gasteiger partial charge < -0.3 is 10.2 Å². The van der Waals surface area contributed by atoms with Crippen LogP contribution in [-0.2, 0) is 0 Å². The molecule has 1 N–H and O–H groups in total. The van der Waals surface area contributed by atoms with Crippen LogP contribution in [0.25, 0.3) is 0 Å². The Morgan fingerprint density at radius 2 is 1.73 bits per heavy atom. The molecule has 0 aromatic rings. The summed E-state index contributed by atoms with van der Waals surface area (Å²) in [5, 5.41) is 3.59. The van der Waals surface area contributed by atoms with E-state index in [0.717, 1.165) is 6.54 Å². The van der Waals surface area contributed by atoms with Gasteiger partial charge in [0.15, 0.2) is 0 Å². The van der Waals surface area contributed by atoms with Gasteiger partial charge in [0.1, 0.15) is 0 Å². The summed E-state index contributed by atoms with van der Waals surface area (Å²) in [6.45, 7) is 12.8. The lowest BCUT2D eigenvalue weighted by Crippen LogP contribution is -2.54. The SMILES string of the molecule is CCNC(CC)C(C)N1CCN(C)CC1. The zero-order chi connectivity index (χ0) is 11.3. The van der Waals surface area contributed by atoms with Gasteiger partial charge in [0, 0.05) is 38.3 Å². The van der Waals surface area contributed by atoms with Gasteiger partial charge in [-0.25, -0.2) is 0 Å². The van der Waals surface area contributed by atoms with Crippen LogP contribution < -0.4 is 5.32 Å². The molecule has 0 bridgehead atoms. The van der Waals surface area contributed by atoms with E-state index in [1.54, 1.807) is 0 Å². The maximum absolute atomic E-state index is 3.59. The molecule has 90 valence electrons. The van der Waals surface area contributed by atoms with Crippen LogP contribution in [0.3, 0.4) is 0 Å². The average Bonchev–Trinajstić information content (AvgIpc) is 2.26. The number of nitrogens with one attached hydrogen (secondary N) is 1. The Morgan fingerprint density at radius 1 is 1.13 bits per heavy atom. The van der Waals surface area contributed by atoms with Gasteiger partial charge in [0.2, 0.25) is 0 Å². The summed E-state index contributed by atoms with van der Waals surface area (Å²) in [7, 11) is 2.21. The highest BCUT2D eigenvalue weighted by atomic mass is 15.3. The van der Waals surface area contributed by atoms with Crippen molar-refractivity contribution in [3.05, 3.63) is 0 Å². The van der Waals surface area contributed by atoms with E-state index >= 15 is 0 Å².